The van der Waals surface area contributed by atoms with Crippen molar-refractivity contribution in [3.05, 3.63) is 12.7 Å². The molecule has 15 heavy (non-hydrogen) atoms. The molecular formula is C14H20O. The van der Waals surface area contributed by atoms with Crippen molar-refractivity contribution in [2.75, 3.05) is 0 Å². The van der Waals surface area contributed by atoms with E-state index in [1.54, 1.807) is 6.08 Å². The first-order valence-electron chi connectivity index (χ1n) is 6.24. The second-order valence-electron chi connectivity index (χ2n) is 6.51. The van der Waals surface area contributed by atoms with E-state index in [0.29, 0.717) is 11.2 Å². The van der Waals surface area contributed by atoms with Gasteiger partial charge in [0.1, 0.15) is 0 Å². The Hall–Kier alpha value is -0.590. The molecule has 82 valence electrons. The summed E-state index contributed by atoms with van der Waals surface area (Å²) in [7, 11) is 0. The maximum Gasteiger partial charge on any atom is 0.161 e. The largest absolute Gasteiger partial charge is 0.294 e. The average Bonchev–Trinajstić information content (AvgIpc) is 2.40. The van der Waals surface area contributed by atoms with E-state index in [1.165, 1.54) is 19.3 Å². The molecular weight excluding hydrogens is 184 g/mol. The average molecular weight is 204 g/mol. The molecule has 0 aromatic rings. The summed E-state index contributed by atoms with van der Waals surface area (Å²) in [6, 6.07) is 0. The first kappa shape index (κ1) is 9.62. The molecule has 3 rings (SSSR count). The van der Waals surface area contributed by atoms with Crippen molar-refractivity contribution in [1.82, 2.24) is 0 Å². The molecule has 0 amide bonds. The van der Waals surface area contributed by atoms with E-state index in [4.69, 9.17) is 0 Å². The van der Waals surface area contributed by atoms with Gasteiger partial charge in [0.05, 0.1) is 0 Å². The normalized spacial score (nSPS) is 51.8. The van der Waals surface area contributed by atoms with Crippen LogP contribution in [-0.2, 0) is 4.79 Å². The van der Waals surface area contributed by atoms with Gasteiger partial charge in [0.2, 0.25) is 0 Å². The lowest BCUT2D eigenvalue weighted by molar-refractivity contribution is -0.127. The predicted molar refractivity (Wildman–Crippen MR) is 60.4 cm³/mol. The van der Waals surface area contributed by atoms with Crippen molar-refractivity contribution < 1.29 is 4.79 Å². The van der Waals surface area contributed by atoms with Crippen LogP contribution < -0.4 is 0 Å². The second-order valence-corrected chi connectivity index (χ2v) is 6.51. The van der Waals surface area contributed by atoms with Crippen LogP contribution in [0.25, 0.3) is 0 Å². The van der Waals surface area contributed by atoms with Crippen LogP contribution in [0, 0.1) is 22.7 Å². The van der Waals surface area contributed by atoms with Crippen LogP contribution in [0.2, 0.25) is 0 Å². The van der Waals surface area contributed by atoms with E-state index in [-0.39, 0.29) is 5.41 Å². The van der Waals surface area contributed by atoms with Crippen LogP contribution in [0.4, 0.5) is 0 Å². The fourth-order valence-electron chi connectivity index (χ4n) is 4.89. The molecule has 1 nitrogen and oxygen atoms in total. The molecule has 3 fully saturated rings. The minimum Gasteiger partial charge on any atom is -0.294 e. The van der Waals surface area contributed by atoms with Crippen LogP contribution in [0.5, 0.6) is 0 Å². The lowest BCUT2D eigenvalue weighted by Crippen LogP contribution is -2.39. The SMILES string of the molecule is C=CC(=O)C12CC3CCC(C)(CC3C1)C2. The van der Waals surface area contributed by atoms with Gasteiger partial charge >= 0.3 is 0 Å². The Bertz CT molecular complexity index is 332. The molecule has 0 aliphatic heterocycles. The van der Waals surface area contributed by atoms with Crippen LogP contribution in [-0.4, -0.2) is 5.78 Å². The lowest BCUT2D eigenvalue weighted by Gasteiger charge is -2.46. The third kappa shape index (κ3) is 1.18. The quantitative estimate of drug-likeness (QED) is 0.630. The molecule has 0 aromatic heterocycles. The number of hydrogen-bond donors (Lipinski definition) is 0. The van der Waals surface area contributed by atoms with Gasteiger partial charge in [-0.2, -0.15) is 0 Å². The minimum atomic E-state index is 0.0145. The summed E-state index contributed by atoms with van der Waals surface area (Å²) in [5, 5.41) is 0. The monoisotopic (exact) mass is 204 g/mol. The molecule has 1 heteroatoms. The van der Waals surface area contributed by atoms with Crippen LogP contribution in [0.15, 0.2) is 12.7 Å². The highest BCUT2D eigenvalue weighted by atomic mass is 16.1. The molecule has 0 spiro atoms. The molecule has 0 saturated heterocycles. The zero-order valence-corrected chi connectivity index (χ0v) is 9.59. The number of carbonyl (C=O) groups excluding carboxylic acids is 1. The molecule has 4 atom stereocenters. The van der Waals surface area contributed by atoms with E-state index in [2.05, 4.69) is 13.5 Å². The summed E-state index contributed by atoms with van der Waals surface area (Å²) < 4.78 is 0. The standard InChI is InChI=1S/C14H20O/c1-3-12(15)14-7-10-4-5-13(2,9-14)6-11(10)8-14/h3,10-11H,1,4-9H2,2H3. The molecule has 4 unspecified atom stereocenters. The molecule has 0 aromatic carbocycles. The van der Waals surface area contributed by atoms with E-state index < -0.39 is 0 Å². The van der Waals surface area contributed by atoms with Gasteiger partial charge in [-0.1, -0.05) is 13.5 Å². The molecule has 0 radical (unpaired) electrons. The number of allylic oxidation sites excluding steroid dienone is 1. The molecule has 0 heterocycles. The van der Waals surface area contributed by atoms with E-state index in [1.807, 2.05) is 0 Å². The maximum atomic E-state index is 12.1. The Kier molecular flexibility index (Phi) is 1.76. The van der Waals surface area contributed by atoms with Crippen LogP contribution in [0.1, 0.15) is 45.4 Å². The fourth-order valence-corrected chi connectivity index (χ4v) is 4.89. The smallest absolute Gasteiger partial charge is 0.161 e. The zero-order valence-electron chi connectivity index (χ0n) is 9.59. The number of carbonyl (C=O) groups is 1. The van der Waals surface area contributed by atoms with Crippen molar-refractivity contribution in [3.8, 4) is 0 Å². The van der Waals surface area contributed by atoms with Gasteiger partial charge in [0, 0.05) is 5.41 Å². The van der Waals surface area contributed by atoms with Gasteiger partial charge < -0.3 is 0 Å². The number of rotatable bonds is 2. The van der Waals surface area contributed by atoms with E-state index >= 15 is 0 Å². The number of ketones is 1. The summed E-state index contributed by atoms with van der Waals surface area (Å²) in [5.41, 5.74) is 0.481. The Morgan fingerprint density at radius 1 is 1.33 bits per heavy atom. The second kappa shape index (κ2) is 2.75. The zero-order chi connectivity index (χ0) is 10.7. The van der Waals surface area contributed by atoms with Crippen molar-refractivity contribution in [1.29, 1.82) is 0 Å². The Balaban J connectivity index is 2.00. The Labute approximate surface area is 91.9 Å². The lowest BCUT2D eigenvalue weighted by atomic mass is 9.58. The summed E-state index contributed by atoms with van der Waals surface area (Å²) in [4.78, 5) is 12.1. The topological polar surface area (TPSA) is 17.1 Å². The molecule has 3 bridgehead atoms. The Morgan fingerprint density at radius 3 is 2.80 bits per heavy atom. The van der Waals surface area contributed by atoms with Crippen molar-refractivity contribution >= 4 is 5.78 Å². The predicted octanol–water partition coefficient (Wildman–Crippen LogP) is 3.35. The van der Waals surface area contributed by atoms with Gasteiger partial charge in [0.15, 0.2) is 5.78 Å². The first-order chi connectivity index (χ1) is 7.07. The van der Waals surface area contributed by atoms with Gasteiger partial charge in [-0.15, -0.1) is 0 Å². The highest BCUT2D eigenvalue weighted by molar-refractivity contribution is 5.94. The third-order valence-corrected chi connectivity index (χ3v) is 5.32. The Morgan fingerprint density at radius 2 is 2.07 bits per heavy atom. The molecule has 3 aliphatic rings. The summed E-state index contributed by atoms with van der Waals surface area (Å²) in [6.45, 7) is 6.09. The number of fused-ring (bicyclic) bond motifs is 2. The molecule has 3 saturated carbocycles. The van der Waals surface area contributed by atoms with Gasteiger partial charge in [-0.05, 0) is 61.9 Å². The van der Waals surface area contributed by atoms with Crippen LogP contribution in [0.3, 0.4) is 0 Å². The van der Waals surface area contributed by atoms with Crippen molar-refractivity contribution in [3.63, 3.8) is 0 Å². The fraction of sp³-hybridized carbons (Fsp3) is 0.786. The summed E-state index contributed by atoms with van der Waals surface area (Å²) >= 11 is 0. The summed E-state index contributed by atoms with van der Waals surface area (Å²) in [6.07, 6.45) is 9.14. The summed E-state index contributed by atoms with van der Waals surface area (Å²) in [5.74, 6) is 2.04. The maximum absolute atomic E-state index is 12.1. The van der Waals surface area contributed by atoms with Gasteiger partial charge in [0.25, 0.3) is 0 Å². The third-order valence-electron chi connectivity index (χ3n) is 5.32. The highest BCUT2D eigenvalue weighted by Crippen LogP contribution is 2.66. The number of hydrogen-bond acceptors (Lipinski definition) is 1. The first-order valence-corrected chi connectivity index (χ1v) is 6.24. The van der Waals surface area contributed by atoms with Crippen LogP contribution >= 0.6 is 0 Å². The van der Waals surface area contributed by atoms with E-state index in [9.17, 15) is 4.79 Å². The van der Waals surface area contributed by atoms with Crippen molar-refractivity contribution in [2.45, 2.75) is 45.4 Å². The molecule has 0 N–H and O–H groups in total. The van der Waals surface area contributed by atoms with Gasteiger partial charge in [-0.3, -0.25) is 4.79 Å². The molecule has 3 aliphatic carbocycles. The van der Waals surface area contributed by atoms with E-state index in [0.717, 1.165) is 31.1 Å². The highest BCUT2D eigenvalue weighted by Gasteiger charge is 2.59. The minimum absolute atomic E-state index is 0.0145. The van der Waals surface area contributed by atoms with Gasteiger partial charge in [-0.25, -0.2) is 0 Å². The van der Waals surface area contributed by atoms with Crippen molar-refractivity contribution in [2.24, 2.45) is 22.7 Å².